The quantitative estimate of drug-likeness (QED) is 0.450. The molecule has 0 heterocycles. The maximum atomic E-state index is 11.6. The minimum atomic E-state index is -0.277. The molecule has 0 radical (unpaired) electrons. The molecule has 0 aliphatic rings. The second-order valence-electron chi connectivity index (χ2n) is 5.78. The second kappa shape index (κ2) is 11.7. The molecule has 0 aromatic heterocycles. The summed E-state index contributed by atoms with van der Waals surface area (Å²) in [6, 6.07) is 7.86. The molecular formula is C19H28O4. The third kappa shape index (κ3) is 9.72. The van der Waals surface area contributed by atoms with Crippen molar-refractivity contribution in [1.29, 1.82) is 0 Å². The number of hydrogen-bond acceptors (Lipinski definition) is 4. The lowest BCUT2D eigenvalue weighted by Crippen LogP contribution is -2.08. The van der Waals surface area contributed by atoms with Crippen molar-refractivity contribution in [3.8, 4) is 0 Å². The normalized spacial score (nSPS) is 10.3. The van der Waals surface area contributed by atoms with E-state index in [1.807, 2.05) is 31.2 Å². The van der Waals surface area contributed by atoms with Crippen molar-refractivity contribution in [1.82, 2.24) is 0 Å². The number of benzene rings is 1. The largest absolute Gasteiger partial charge is 0.466 e. The molecule has 1 aromatic rings. The van der Waals surface area contributed by atoms with Gasteiger partial charge in [-0.15, -0.1) is 0 Å². The lowest BCUT2D eigenvalue weighted by atomic mass is 10.2. The van der Waals surface area contributed by atoms with Gasteiger partial charge in [0.1, 0.15) is 6.61 Å². The van der Waals surface area contributed by atoms with Crippen molar-refractivity contribution in [2.45, 2.75) is 65.4 Å². The van der Waals surface area contributed by atoms with E-state index in [2.05, 4.69) is 6.92 Å². The van der Waals surface area contributed by atoms with Gasteiger partial charge in [-0.3, -0.25) is 9.59 Å². The van der Waals surface area contributed by atoms with Crippen molar-refractivity contribution in [2.24, 2.45) is 0 Å². The molecule has 0 aliphatic carbocycles. The van der Waals surface area contributed by atoms with Crippen LogP contribution in [0, 0.1) is 6.92 Å². The van der Waals surface area contributed by atoms with Crippen LogP contribution in [0.15, 0.2) is 24.3 Å². The highest BCUT2D eigenvalue weighted by Gasteiger charge is 2.07. The first-order valence-corrected chi connectivity index (χ1v) is 8.48. The Kier molecular flexibility index (Phi) is 9.76. The number of carbonyl (C=O) groups is 2. The molecule has 0 spiro atoms. The number of unbranched alkanes of at least 4 members (excludes halogenated alkanes) is 3. The summed E-state index contributed by atoms with van der Waals surface area (Å²) in [5.41, 5.74) is 2.14. The van der Waals surface area contributed by atoms with Crippen LogP contribution in [0.25, 0.3) is 0 Å². The lowest BCUT2D eigenvalue weighted by molar-refractivity contribution is -0.146. The highest BCUT2D eigenvalue weighted by Crippen LogP contribution is 2.07. The molecule has 0 unspecified atom stereocenters. The number of esters is 2. The first-order chi connectivity index (χ1) is 11.1. The minimum absolute atomic E-state index is 0.229. The third-order valence-electron chi connectivity index (χ3n) is 3.54. The number of carbonyl (C=O) groups excluding carboxylic acids is 2. The highest BCUT2D eigenvalue weighted by atomic mass is 16.5. The van der Waals surface area contributed by atoms with E-state index in [1.54, 1.807) is 0 Å². The molecule has 4 nitrogen and oxygen atoms in total. The van der Waals surface area contributed by atoms with Gasteiger partial charge in [0.2, 0.25) is 0 Å². The summed E-state index contributed by atoms with van der Waals surface area (Å²) < 4.78 is 10.3. The third-order valence-corrected chi connectivity index (χ3v) is 3.54. The van der Waals surface area contributed by atoms with Crippen LogP contribution in [0.3, 0.4) is 0 Å². The standard InChI is InChI=1S/C19H28O4/c1-3-4-5-6-14-22-18(20)8-7-9-19(21)23-15-17-12-10-16(2)11-13-17/h10-13H,3-9,14-15H2,1-2H3. The summed E-state index contributed by atoms with van der Waals surface area (Å²) in [6.45, 7) is 4.92. The highest BCUT2D eigenvalue weighted by molar-refractivity contribution is 5.72. The molecule has 0 saturated heterocycles. The molecule has 0 atom stereocenters. The zero-order valence-corrected chi connectivity index (χ0v) is 14.3. The van der Waals surface area contributed by atoms with Crippen molar-refractivity contribution >= 4 is 11.9 Å². The van der Waals surface area contributed by atoms with Crippen LogP contribution in [-0.2, 0) is 25.7 Å². The van der Waals surface area contributed by atoms with Gasteiger partial charge in [-0.1, -0.05) is 56.0 Å². The van der Waals surface area contributed by atoms with Crippen molar-refractivity contribution in [2.75, 3.05) is 6.61 Å². The summed E-state index contributed by atoms with van der Waals surface area (Å²) >= 11 is 0. The number of ether oxygens (including phenoxy) is 2. The van der Waals surface area contributed by atoms with Crippen LogP contribution >= 0.6 is 0 Å². The summed E-state index contributed by atoms with van der Waals surface area (Å²) in [5, 5.41) is 0. The van der Waals surface area contributed by atoms with Crippen molar-refractivity contribution in [3.63, 3.8) is 0 Å². The predicted octanol–water partition coefficient (Wildman–Crippen LogP) is 4.33. The Morgan fingerprint density at radius 1 is 0.870 bits per heavy atom. The van der Waals surface area contributed by atoms with E-state index in [0.29, 0.717) is 13.0 Å². The van der Waals surface area contributed by atoms with Crippen LogP contribution in [0.1, 0.15) is 63.0 Å². The van der Waals surface area contributed by atoms with Gasteiger partial charge in [0.05, 0.1) is 6.61 Å². The van der Waals surface area contributed by atoms with E-state index in [-0.39, 0.29) is 31.4 Å². The van der Waals surface area contributed by atoms with E-state index in [9.17, 15) is 9.59 Å². The van der Waals surface area contributed by atoms with Crippen molar-refractivity contribution in [3.05, 3.63) is 35.4 Å². The van der Waals surface area contributed by atoms with Gasteiger partial charge in [0.15, 0.2) is 0 Å². The van der Waals surface area contributed by atoms with Crippen LogP contribution in [0.2, 0.25) is 0 Å². The van der Waals surface area contributed by atoms with Crippen LogP contribution in [-0.4, -0.2) is 18.5 Å². The summed E-state index contributed by atoms with van der Waals surface area (Å²) in [6.07, 6.45) is 5.33. The predicted molar refractivity (Wildman–Crippen MR) is 89.9 cm³/mol. The average Bonchev–Trinajstić information content (AvgIpc) is 2.54. The van der Waals surface area contributed by atoms with Gasteiger partial charge < -0.3 is 9.47 Å². The molecule has 4 heteroatoms. The minimum Gasteiger partial charge on any atom is -0.466 e. The molecule has 0 amide bonds. The van der Waals surface area contributed by atoms with Gasteiger partial charge in [-0.05, 0) is 25.3 Å². The van der Waals surface area contributed by atoms with Gasteiger partial charge in [-0.2, -0.15) is 0 Å². The molecule has 0 saturated carbocycles. The van der Waals surface area contributed by atoms with Crippen LogP contribution in [0.4, 0.5) is 0 Å². The maximum absolute atomic E-state index is 11.6. The van der Waals surface area contributed by atoms with Gasteiger partial charge in [-0.25, -0.2) is 0 Å². The van der Waals surface area contributed by atoms with E-state index < -0.39 is 0 Å². The Morgan fingerprint density at radius 3 is 2.17 bits per heavy atom. The monoisotopic (exact) mass is 320 g/mol. The SMILES string of the molecule is CCCCCCOC(=O)CCCC(=O)OCc1ccc(C)cc1. The molecular weight excluding hydrogens is 292 g/mol. The first-order valence-electron chi connectivity index (χ1n) is 8.48. The fourth-order valence-corrected chi connectivity index (χ4v) is 2.08. The van der Waals surface area contributed by atoms with Crippen LogP contribution in [0.5, 0.6) is 0 Å². The molecule has 0 N–H and O–H groups in total. The summed E-state index contributed by atoms with van der Waals surface area (Å²) in [5.74, 6) is -0.505. The number of rotatable bonds is 11. The Balaban J connectivity index is 2.04. The Hall–Kier alpha value is -1.84. The maximum Gasteiger partial charge on any atom is 0.306 e. The van der Waals surface area contributed by atoms with Gasteiger partial charge in [0.25, 0.3) is 0 Å². The molecule has 1 rings (SSSR count). The van der Waals surface area contributed by atoms with Gasteiger partial charge >= 0.3 is 11.9 Å². The van der Waals surface area contributed by atoms with E-state index >= 15 is 0 Å². The van der Waals surface area contributed by atoms with E-state index in [0.717, 1.165) is 18.4 Å². The van der Waals surface area contributed by atoms with Gasteiger partial charge in [0, 0.05) is 12.8 Å². The number of aryl methyl sites for hydroxylation is 1. The molecule has 23 heavy (non-hydrogen) atoms. The fourth-order valence-electron chi connectivity index (χ4n) is 2.08. The van der Waals surface area contributed by atoms with E-state index in [1.165, 1.54) is 18.4 Å². The van der Waals surface area contributed by atoms with Crippen LogP contribution < -0.4 is 0 Å². The Labute approximate surface area is 139 Å². The smallest absolute Gasteiger partial charge is 0.306 e. The Bertz CT molecular complexity index is 465. The molecule has 1 aromatic carbocycles. The molecule has 0 aliphatic heterocycles. The summed E-state index contributed by atoms with van der Waals surface area (Å²) in [4.78, 5) is 23.1. The zero-order valence-electron chi connectivity index (χ0n) is 14.3. The second-order valence-corrected chi connectivity index (χ2v) is 5.78. The van der Waals surface area contributed by atoms with E-state index in [4.69, 9.17) is 9.47 Å². The molecule has 0 bridgehead atoms. The fraction of sp³-hybridized carbons (Fsp3) is 0.579. The topological polar surface area (TPSA) is 52.6 Å². The molecule has 0 fully saturated rings. The summed E-state index contributed by atoms with van der Waals surface area (Å²) in [7, 11) is 0. The lowest BCUT2D eigenvalue weighted by Gasteiger charge is -2.06. The number of hydrogen-bond donors (Lipinski definition) is 0. The molecule has 128 valence electrons. The first kappa shape index (κ1) is 19.2. The van der Waals surface area contributed by atoms with Crippen molar-refractivity contribution < 1.29 is 19.1 Å². The zero-order chi connectivity index (χ0) is 16.9. The Morgan fingerprint density at radius 2 is 1.52 bits per heavy atom. The average molecular weight is 320 g/mol.